The largest absolute Gasteiger partial charge is 0.319 e. The average molecular weight is 354 g/mol. The summed E-state index contributed by atoms with van der Waals surface area (Å²) in [6.45, 7) is 0. The summed E-state index contributed by atoms with van der Waals surface area (Å²) in [6, 6.07) is 10.4. The third-order valence-corrected chi connectivity index (χ3v) is 4.03. The molecule has 2 aromatic carbocycles. The van der Waals surface area contributed by atoms with Crippen LogP contribution in [0.25, 0.3) is 11.1 Å². The molecular formula is C15H10Cl2FN3S. The van der Waals surface area contributed by atoms with Gasteiger partial charge in [0.25, 0.3) is 0 Å². The highest BCUT2D eigenvalue weighted by atomic mass is 35.5. The quantitative estimate of drug-likeness (QED) is 0.371. The standard InChI is InChI=1S/C15H10Cl2FN3S/c1-21(15(22)20-8-19)14-11(16)7-10(13(18)12(14)17)9-5-3-2-4-6-9/h2-7H,1H3,(H,20,22). The fourth-order valence-corrected chi connectivity index (χ4v) is 2.80. The molecule has 0 amide bonds. The highest BCUT2D eigenvalue weighted by molar-refractivity contribution is 7.80. The minimum Gasteiger partial charge on any atom is -0.319 e. The molecule has 2 rings (SSSR count). The first-order chi connectivity index (χ1) is 10.5. The molecule has 0 aliphatic carbocycles. The molecule has 112 valence electrons. The summed E-state index contributed by atoms with van der Waals surface area (Å²) in [7, 11) is 1.54. The van der Waals surface area contributed by atoms with Gasteiger partial charge in [0.15, 0.2) is 17.1 Å². The molecule has 0 heterocycles. The van der Waals surface area contributed by atoms with E-state index in [1.165, 1.54) is 11.0 Å². The molecule has 0 bridgehead atoms. The van der Waals surface area contributed by atoms with Crippen molar-refractivity contribution in [2.24, 2.45) is 0 Å². The van der Waals surface area contributed by atoms with E-state index >= 15 is 0 Å². The van der Waals surface area contributed by atoms with Crippen molar-refractivity contribution in [2.75, 3.05) is 11.9 Å². The van der Waals surface area contributed by atoms with E-state index in [1.807, 2.05) is 6.07 Å². The van der Waals surface area contributed by atoms with Gasteiger partial charge in [0.05, 0.1) is 10.7 Å². The molecule has 0 aliphatic heterocycles. The summed E-state index contributed by atoms with van der Waals surface area (Å²) in [5, 5.41) is 11.0. The van der Waals surface area contributed by atoms with E-state index in [4.69, 9.17) is 40.7 Å². The second-order valence-electron chi connectivity index (χ2n) is 4.35. The molecule has 7 heteroatoms. The Morgan fingerprint density at radius 3 is 2.55 bits per heavy atom. The van der Waals surface area contributed by atoms with E-state index in [9.17, 15) is 4.39 Å². The smallest absolute Gasteiger partial charge is 0.186 e. The third-order valence-electron chi connectivity index (χ3n) is 3.02. The van der Waals surface area contributed by atoms with Crippen molar-refractivity contribution in [1.29, 1.82) is 5.26 Å². The molecule has 0 aromatic heterocycles. The van der Waals surface area contributed by atoms with Crippen molar-refractivity contribution in [3.05, 3.63) is 52.3 Å². The summed E-state index contributed by atoms with van der Waals surface area (Å²) in [5.41, 5.74) is 1.16. The maximum atomic E-state index is 14.6. The fraction of sp³-hybridized carbons (Fsp3) is 0.0667. The van der Waals surface area contributed by atoms with Crippen molar-refractivity contribution in [3.8, 4) is 17.3 Å². The molecule has 0 fully saturated rings. The molecule has 0 saturated carbocycles. The number of thiocarbonyl (C=S) groups is 1. The molecule has 3 nitrogen and oxygen atoms in total. The van der Waals surface area contributed by atoms with Crippen LogP contribution >= 0.6 is 35.4 Å². The molecule has 0 radical (unpaired) electrons. The third kappa shape index (κ3) is 3.14. The Morgan fingerprint density at radius 1 is 1.32 bits per heavy atom. The maximum absolute atomic E-state index is 14.6. The number of hydrogen-bond donors (Lipinski definition) is 1. The summed E-state index contributed by atoms with van der Waals surface area (Å²) in [4.78, 5) is 1.35. The average Bonchev–Trinajstić information content (AvgIpc) is 2.52. The van der Waals surface area contributed by atoms with Crippen molar-refractivity contribution >= 4 is 46.2 Å². The number of hydrogen-bond acceptors (Lipinski definition) is 2. The monoisotopic (exact) mass is 353 g/mol. The molecule has 0 atom stereocenters. The fourth-order valence-electron chi connectivity index (χ4n) is 1.95. The van der Waals surface area contributed by atoms with E-state index in [1.54, 1.807) is 37.5 Å². The van der Waals surface area contributed by atoms with Crippen molar-refractivity contribution in [1.82, 2.24) is 5.32 Å². The van der Waals surface area contributed by atoms with E-state index in [0.717, 1.165) is 0 Å². The van der Waals surface area contributed by atoms with Crippen LogP contribution in [0.15, 0.2) is 36.4 Å². The Balaban J connectivity index is 2.55. The van der Waals surface area contributed by atoms with Gasteiger partial charge in [0, 0.05) is 12.6 Å². The van der Waals surface area contributed by atoms with Gasteiger partial charge in [0.2, 0.25) is 0 Å². The van der Waals surface area contributed by atoms with Crippen molar-refractivity contribution in [2.45, 2.75) is 0 Å². The van der Waals surface area contributed by atoms with Crippen LogP contribution in [-0.4, -0.2) is 12.2 Å². The Bertz CT molecular complexity index is 760. The number of halogens is 3. The number of nitrogens with one attached hydrogen (secondary N) is 1. The Morgan fingerprint density at radius 2 is 1.95 bits per heavy atom. The van der Waals surface area contributed by atoms with Crippen LogP contribution in [-0.2, 0) is 0 Å². The van der Waals surface area contributed by atoms with Crippen molar-refractivity contribution < 1.29 is 4.39 Å². The molecule has 0 aliphatic rings. The molecule has 0 saturated heterocycles. The second kappa shape index (κ2) is 6.93. The van der Waals surface area contributed by atoms with Gasteiger partial charge in [-0.15, -0.1) is 0 Å². The normalized spacial score (nSPS) is 9.95. The van der Waals surface area contributed by atoms with Crippen LogP contribution in [0, 0.1) is 17.3 Å². The summed E-state index contributed by atoms with van der Waals surface area (Å²) >= 11 is 17.4. The van der Waals surface area contributed by atoms with Gasteiger partial charge in [-0.05, 0) is 23.8 Å². The van der Waals surface area contributed by atoms with E-state index in [2.05, 4.69) is 5.32 Å². The minimum absolute atomic E-state index is 0.0677. The number of anilines is 1. The first-order valence-corrected chi connectivity index (χ1v) is 7.29. The zero-order valence-electron chi connectivity index (χ0n) is 11.4. The van der Waals surface area contributed by atoms with E-state index in [-0.39, 0.29) is 20.8 Å². The topological polar surface area (TPSA) is 39.1 Å². The van der Waals surface area contributed by atoms with Crippen LogP contribution in [0.1, 0.15) is 0 Å². The van der Waals surface area contributed by atoms with E-state index < -0.39 is 5.82 Å². The molecule has 0 unspecified atom stereocenters. The van der Waals surface area contributed by atoms with Gasteiger partial charge >= 0.3 is 0 Å². The molecular weight excluding hydrogens is 344 g/mol. The lowest BCUT2D eigenvalue weighted by atomic mass is 10.0. The van der Waals surface area contributed by atoms with Gasteiger partial charge < -0.3 is 4.90 Å². The first kappa shape index (κ1) is 16.5. The zero-order chi connectivity index (χ0) is 16.3. The van der Waals surface area contributed by atoms with Crippen LogP contribution < -0.4 is 10.2 Å². The summed E-state index contributed by atoms with van der Waals surface area (Å²) in [5.74, 6) is -0.598. The first-order valence-electron chi connectivity index (χ1n) is 6.13. The van der Waals surface area contributed by atoms with Crippen LogP contribution in [0.2, 0.25) is 10.0 Å². The van der Waals surface area contributed by atoms with Gasteiger partial charge in [-0.25, -0.2) is 4.39 Å². The zero-order valence-corrected chi connectivity index (χ0v) is 13.7. The van der Waals surface area contributed by atoms with Crippen LogP contribution in [0.3, 0.4) is 0 Å². The molecule has 22 heavy (non-hydrogen) atoms. The summed E-state index contributed by atoms with van der Waals surface area (Å²) in [6.07, 6.45) is 1.70. The van der Waals surface area contributed by atoms with Crippen LogP contribution in [0.4, 0.5) is 10.1 Å². The maximum Gasteiger partial charge on any atom is 0.186 e. The predicted molar refractivity (Wildman–Crippen MR) is 91.6 cm³/mol. The minimum atomic E-state index is -0.598. The molecule has 1 N–H and O–H groups in total. The Kier molecular flexibility index (Phi) is 5.19. The highest BCUT2D eigenvalue weighted by Crippen LogP contribution is 2.40. The predicted octanol–water partition coefficient (Wildman–Crippen LogP) is 4.59. The van der Waals surface area contributed by atoms with Gasteiger partial charge in [-0.1, -0.05) is 53.5 Å². The number of benzene rings is 2. The van der Waals surface area contributed by atoms with E-state index in [0.29, 0.717) is 11.1 Å². The van der Waals surface area contributed by atoms with Crippen molar-refractivity contribution in [3.63, 3.8) is 0 Å². The lowest BCUT2D eigenvalue weighted by Gasteiger charge is -2.22. The highest BCUT2D eigenvalue weighted by Gasteiger charge is 2.21. The summed E-state index contributed by atoms with van der Waals surface area (Å²) < 4.78 is 14.6. The van der Waals surface area contributed by atoms with Crippen LogP contribution in [0.5, 0.6) is 0 Å². The van der Waals surface area contributed by atoms with Gasteiger partial charge in [-0.3, -0.25) is 5.32 Å². The van der Waals surface area contributed by atoms with Gasteiger partial charge in [0.1, 0.15) is 5.02 Å². The Hall–Kier alpha value is -1.87. The number of nitrogens with zero attached hydrogens (tertiary/aromatic N) is 2. The number of nitriles is 1. The van der Waals surface area contributed by atoms with Gasteiger partial charge in [-0.2, -0.15) is 5.26 Å². The lowest BCUT2D eigenvalue weighted by molar-refractivity contribution is 0.632. The molecule has 0 spiro atoms. The molecule has 2 aromatic rings. The Labute approximate surface area is 142 Å². The SMILES string of the molecule is CN(C(=S)NC#N)c1c(Cl)cc(-c2ccccc2)c(F)c1Cl. The lowest BCUT2D eigenvalue weighted by Crippen LogP contribution is -2.34. The number of rotatable bonds is 2. The second-order valence-corrected chi connectivity index (χ2v) is 5.52.